The molecule has 0 unspecified atom stereocenters. The molecule has 0 aliphatic heterocycles. The minimum Gasteiger partial charge on any atom is -0.504 e. The number of rotatable bonds is 12. The second kappa shape index (κ2) is 14.0. The molecule has 3 aromatic carbocycles. The van der Waals surface area contributed by atoms with Crippen LogP contribution >= 0.6 is 0 Å². The van der Waals surface area contributed by atoms with Gasteiger partial charge in [0.05, 0.1) is 27.8 Å². The van der Waals surface area contributed by atoms with E-state index in [4.69, 9.17) is 18.9 Å². The number of ketones is 2. The number of benzene rings is 3. The van der Waals surface area contributed by atoms with E-state index >= 15 is 0 Å². The number of phenolic OH excluding ortho intramolecular Hbond substituents is 2. The van der Waals surface area contributed by atoms with Crippen molar-refractivity contribution in [2.75, 3.05) is 21.3 Å². The summed E-state index contributed by atoms with van der Waals surface area (Å²) >= 11 is 0. The Morgan fingerprint density at radius 1 is 0.600 bits per heavy atom. The largest absolute Gasteiger partial charge is 0.504 e. The van der Waals surface area contributed by atoms with E-state index in [0.29, 0.717) is 16.7 Å². The topological polar surface area (TPSA) is 129 Å². The molecule has 3 rings (SSSR count). The molecular formula is C31H28O9. The number of hydrogen-bond donors (Lipinski definition) is 2. The molecule has 0 saturated carbocycles. The summed E-state index contributed by atoms with van der Waals surface area (Å²) in [6.45, 7) is 0. The summed E-state index contributed by atoms with van der Waals surface area (Å²) in [6, 6.07) is 14.0. The molecule has 0 aromatic heterocycles. The SMILES string of the molecule is COc1cc(/C=C/C(=O)CC(=O)/C=C/c2ccc(OC(=O)/C=C/c3ccc(O)c(OC)c3)c(OC)c2)ccc1O. The molecule has 0 bridgehead atoms. The van der Waals surface area contributed by atoms with Crippen molar-refractivity contribution < 1.29 is 43.5 Å². The van der Waals surface area contributed by atoms with Gasteiger partial charge >= 0.3 is 5.97 Å². The van der Waals surface area contributed by atoms with Gasteiger partial charge in [-0.15, -0.1) is 0 Å². The van der Waals surface area contributed by atoms with Crippen LogP contribution in [0.4, 0.5) is 0 Å². The predicted octanol–water partition coefficient (Wildman–Crippen LogP) is 5.00. The monoisotopic (exact) mass is 544 g/mol. The first kappa shape index (κ1) is 29.2. The Morgan fingerprint density at radius 3 is 1.50 bits per heavy atom. The smallest absolute Gasteiger partial charge is 0.336 e. The first-order valence-corrected chi connectivity index (χ1v) is 12.0. The number of esters is 1. The molecule has 0 atom stereocenters. The van der Waals surface area contributed by atoms with E-state index in [9.17, 15) is 24.6 Å². The normalized spacial score (nSPS) is 11.2. The fourth-order valence-electron chi connectivity index (χ4n) is 3.44. The number of ether oxygens (including phenoxy) is 4. The Labute approximate surface area is 231 Å². The first-order chi connectivity index (χ1) is 19.2. The number of methoxy groups -OCH3 is 3. The van der Waals surface area contributed by atoms with Crippen LogP contribution < -0.4 is 18.9 Å². The molecule has 0 aliphatic carbocycles. The summed E-state index contributed by atoms with van der Waals surface area (Å²) in [5, 5.41) is 19.3. The van der Waals surface area contributed by atoms with E-state index in [-0.39, 0.29) is 46.7 Å². The van der Waals surface area contributed by atoms with Crippen molar-refractivity contribution in [2.45, 2.75) is 6.42 Å². The summed E-state index contributed by atoms with van der Waals surface area (Å²) in [4.78, 5) is 36.8. The molecule has 0 fully saturated rings. The maximum Gasteiger partial charge on any atom is 0.336 e. The lowest BCUT2D eigenvalue weighted by Crippen LogP contribution is -2.05. The van der Waals surface area contributed by atoms with Gasteiger partial charge in [-0.25, -0.2) is 4.79 Å². The highest BCUT2D eigenvalue weighted by atomic mass is 16.6. The third-order valence-corrected chi connectivity index (χ3v) is 5.49. The second-order valence-corrected chi connectivity index (χ2v) is 8.30. The molecule has 0 spiro atoms. The van der Waals surface area contributed by atoms with Crippen LogP contribution in [-0.2, 0) is 14.4 Å². The first-order valence-electron chi connectivity index (χ1n) is 12.0. The van der Waals surface area contributed by atoms with Crippen LogP contribution in [-0.4, -0.2) is 49.1 Å². The molecule has 9 nitrogen and oxygen atoms in total. The van der Waals surface area contributed by atoms with Gasteiger partial charge in [0, 0.05) is 6.08 Å². The lowest BCUT2D eigenvalue weighted by Gasteiger charge is -2.09. The summed E-state index contributed by atoms with van der Waals surface area (Å²) in [5.41, 5.74) is 1.85. The van der Waals surface area contributed by atoms with Gasteiger partial charge in [-0.2, -0.15) is 0 Å². The molecule has 0 aliphatic rings. The van der Waals surface area contributed by atoms with Crippen LogP contribution in [0.15, 0.2) is 72.8 Å². The Hall–Kier alpha value is -5.31. The van der Waals surface area contributed by atoms with Gasteiger partial charge < -0.3 is 29.2 Å². The Bertz CT molecular complexity index is 1480. The molecule has 0 heterocycles. The van der Waals surface area contributed by atoms with Crippen LogP contribution in [0.2, 0.25) is 0 Å². The maximum absolute atomic E-state index is 12.3. The minimum absolute atomic E-state index is 0.0155. The van der Waals surface area contributed by atoms with E-state index in [1.807, 2.05) is 0 Å². The van der Waals surface area contributed by atoms with E-state index in [1.165, 1.54) is 76.0 Å². The van der Waals surface area contributed by atoms with Gasteiger partial charge in [0.2, 0.25) is 0 Å². The zero-order valence-corrected chi connectivity index (χ0v) is 22.1. The van der Waals surface area contributed by atoms with Crippen LogP contribution in [0.5, 0.6) is 34.5 Å². The summed E-state index contributed by atoms with van der Waals surface area (Å²) < 4.78 is 20.7. The summed E-state index contributed by atoms with van der Waals surface area (Å²) in [5.74, 6) is -0.478. The molecule has 40 heavy (non-hydrogen) atoms. The van der Waals surface area contributed by atoms with E-state index < -0.39 is 11.8 Å². The van der Waals surface area contributed by atoms with Crippen molar-refractivity contribution >= 4 is 35.8 Å². The van der Waals surface area contributed by atoms with E-state index in [0.717, 1.165) is 0 Å². The van der Waals surface area contributed by atoms with Gasteiger partial charge in [-0.1, -0.05) is 30.4 Å². The average molecular weight is 545 g/mol. The average Bonchev–Trinajstić information content (AvgIpc) is 2.95. The molecule has 9 heteroatoms. The fourth-order valence-corrected chi connectivity index (χ4v) is 3.44. The lowest BCUT2D eigenvalue weighted by atomic mass is 10.1. The molecule has 3 aromatic rings. The molecular weight excluding hydrogens is 516 g/mol. The van der Waals surface area contributed by atoms with Crippen molar-refractivity contribution in [3.63, 3.8) is 0 Å². The zero-order chi connectivity index (χ0) is 29.1. The van der Waals surface area contributed by atoms with E-state index in [2.05, 4.69) is 0 Å². The van der Waals surface area contributed by atoms with Crippen LogP contribution in [0, 0.1) is 0 Å². The van der Waals surface area contributed by atoms with Crippen LogP contribution in [0.25, 0.3) is 18.2 Å². The highest BCUT2D eigenvalue weighted by Gasteiger charge is 2.10. The third-order valence-electron chi connectivity index (χ3n) is 5.49. The molecule has 0 saturated heterocycles. The van der Waals surface area contributed by atoms with Crippen molar-refractivity contribution in [1.29, 1.82) is 0 Å². The van der Waals surface area contributed by atoms with Crippen LogP contribution in [0.1, 0.15) is 23.1 Å². The number of aromatic hydroxyl groups is 2. The minimum atomic E-state index is -0.652. The van der Waals surface area contributed by atoms with Gasteiger partial charge in [0.1, 0.15) is 0 Å². The highest BCUT2D eigenvalue weighted by molar-refractivity contribution is 6.10. The molecule has 2 N–H and O–H groups in total. The quantitative estimate of drug-likeness (QED) is 0.140. The number of phenols is 2. The number of carbonyl (C=O) groups excluding carboxylic acids is 3. The molecule has 206 valence electrons. The molecule has 0 radical (unpaired) electrons. The predicted molar refractivity (Wildman–Crippen MR) is 150 cm³/mol. The second-order valence-electron chi connectivity index (χ2n) is 8.30. The third kappa shape index (κ3) is 8.35. The van der Waals surface area contributed by atoms with Crippen molar-refractivity contribution in [3.05, 3.63) is 89.5 Å². The van der Waals surface area contributed by atoms with Crippen molar-refractivity contribution in [3.8, 4) is 34.5 Å². The summed E-state index contributed by atoms with van der Waals surface area (Å²) in [6.07, 6.45) is 8.03. The Balaban J connectivity index is 1.58. The molecule has 0 amide bonds. The van der Waals surface area contributed by atoms with Gasteiger partial charge in [-0.3, -0.25) is 9.59 Å². The van der Waals surface area contributed by atoms with Gasteiger partial charge in [0.15, 0.2) is 46.1 Å². The van der Waals surface area contributed by atoms with Gasteiger partial charge in [0.25, 0.3) is 0 Å². The maximum atomic E-state index is 12.3. The number of carbonyl (C=O) groups is 3. The Kier molecular flexibility index (Phi) is 10.2. The van der Waals surface area contributed by atoms with Crippen LogP contribution in [0.3, 0.4) is 0 Å². The summed E-state index contributed by atoms with van der Waals surface area (Å²) in [7, 11) is 4.26. The zero-order valence-electron chi connectivity index (χ0n) is 22.1. The highest BCUT2D eigenvalue weighted by Crippen LogP contribution is 2.30. The van der Waals surface area contributed by atoms with E-state index in [1.54, 1.807) is 36.4 Å². The lowest BCUT2D eigenvalue weighted by molar-refractivity contribution is -0.129. The van der Waals surface area contributed by atoms with Crippen molar-refractivity contribution in [2.24, 2.45) is 0 Å². The standard InChI is InChI=1S/C31H28O9/c1-37-28-16-20(6-12-25(28)34)4-10-23(32)19-24(33)11-5-21-8-14-27(30(18-21)39-3)40-31(36)15-9-22-7-13-26(35)29(17-22)38-2/h4-18,34-35H,19H2,1-3H3/b10-4+,11-5+,15-9+. The van der Waals surface area contributed by atoms with Gasteiger partial charge in [-0.05, 0) is 71.3 Å². The fraction of sp³-hybridized carbons (Fsp3) is 0.129. The van der Waals surface area contributed by atoms with Crippen molar-refractivity contribution in [1.82, 2.24) is 0 Å². The number of hydrogen-bond acceptors (Lipinski definition) is 9. The Morgan fingerprint density at radius 2 is 1.02 bits per heavy atom. The number of allylic oxidation sites excluding steroid dienone is 2.